The summed E-state index contributed by atoms with van der Waals surface area (Å²) in [5, 5.41) is 0. The molecule has 1 aliphatic heterocycles. The standard InChI is InChI=1S/C10H20N2O2/c1-4-12-7-5-6-9(8-12)11(2)10(13)14-3/h9H,4-8H2,1-3H3. The van der Waals surface area contributed by atoms with Gasteiger partial charge in [0, 0.05) is 19.6 Å². The van der Waals surface area contributed by atoms with Crippen molar-refractivity contribution >= 4 is 6.09 Å². The number of methoxy groups -OCH3 is 1. The smallest absolute Gasteiger partial charge is 0.409 e. The van der Waals surface area contributed by atoms with Gasteiger partial charge in [0.2, 0.25) is 0 Å². The lowest BCUT2D eigenvalue weighted by molar-refractivity contribution is 0.0871. The highest BCUT2D eigenvalue weighted by atomic mass is 16.5. The molecule has 0 aromatic heterocycles. The van der Waals surface area contributed by atoms with E-state index in [2.05, 4.69) is 11.8 Å². The Morgan fingerprint density at radius 3 is 2.93 bits per heavy atom. The van der Waals surface area contributed by atoms with Crippen molar-refractivity contribution in [3.8, 4) is 0 Å². The van der Waals surface area contributed by atoms with Gasteiger partial charge in [-0.2, -0.15) is 0 Å². The second-order valence-corrected chi connectivity index (χ2v) is 3.77. The van der Waals surface area contributed by atoms with Crippen molar-refractivity contribution in [3.63, 3.8) is 0 Å². The van der Waals surface area contributed by atoms with E-state index in [1.165, 1.54) is 13.5 Å². The van der Waals surface area contributed by atoms with Crippen LogP contribution in [0.3, 0.4) is 0 Å². The predicted octanol–water partition coefficient (Wildman–Crippen LogP) is 1.17. The van der Waals surface area contributed by atoms with Crippen molar-refractivity contribution in [1.82, 2.24) is 9.80 Å². The van der Waals surface area contributed by atoms with Crippen LogP contribution in [0.4, 0.5) is 4.79 Å². The van der Waals surface area contributed by atoms with Gasteiger partial charge < -0.3 is 14.5 Å². The number of carbonyl (C=O) groups is 1. The number of ether oxygens (including phenoxy) is 1. The molecule has 0 spiro atoms. The fraction of sp³-hybridized carbons (Fsp3) is 0.900. The molecule has 4 heteroatoms. The molecule has 0 aliphatic carbocycles. The van der Waals surface area contributed by atoms with Gasteiger partial charge in [-0.05, 0) is 25.9 Å². The monoisotopic (exact) mass is 200 g/mol. The Morgan fingerprint density at radius 1 is 1.64 bits per heavy atom. The van der Waals surface area contributed by atoms with Crippen LogP contribution in [0.5, 0.6) is 0 Å². The lowest BCUT2D eigenvalue weighted by atomic mass is 10.1. The van der Waals surface area contributed by atoms with E-state index in [1.807, 2.05) is 7.05 Å². The Kier molecular flexibility index (Phi) is 4.20. The van der Waals surface area contributed by atoms with Gasteiger partial charge in [-0.25, -0.2) is 4.79 Å². The van der Waals surface area contributed by atoms with Crippen LogP contribution < -0.4 is 0 Å². The first-order valence-corrected chi connectivity index (χ1v) is 5.22. The van der Waals surface area contributed by atoms with Gasteiger partial charge in [-0.15, -0.1) is 0 Å². The Hall–Kier alpha value is -0.770. The van der Waals surface area contributed by atoms with Crippen molar-refractivity contribution in [1.29, 1.82) is 0 Å². The van der Waals surface area contributed by atoms with Crippen LogP contribution in [0, 0.1) is 0 Å². The Labute approximate surface area is 85.8 Å². The van der Waals surface area contributed by atoms with Gasteiger partial charge in [0.1, 0.15) is 0 Å². The molecule has 0 N–H and O–H groups in total. The van der Waals surface area contributed by atoms with E-state index in [0.717, 1.165) is 26.1 Å². The van der Waals surface area contributed by atoms with E-state index in [-0.39, 0.29) is 6.09 Å². The van der Waals surface area contributed by atoms with E-state index in [0.29, 0.717) is 6.04 Å². The molecule has 82 valence electrons. The molecule has 0 aromatic rings. The molecule has 1 unspecified atom stereocenters. The third-order valence-corrected chi connectivity index (χ3v) is 2.94. The van der Waals surface area contributed by atoms with Crippen molar-refractivity contribution in [2.75, 3.05) is 33.8 Å². The summed E-state index contributed by atoms with van der Waals surface area (Å²) in [5.41, 5.74) is 0. The third kappa shape index (κ3) is 2.61. The molecule has 1 saturated heterocycles. The van der Waals surface area contributed by atoms with E-state index in [4.69, 9.17) is 4.74 Å². The zero-order valence-electron chi connectivity index (χ0n) is 9.32. The highest BCUT2D eigenvalue weighted by Gasteiger charge is 2.25. The first-order valence-electron chi connectivity index (χ1n) is 5.22. The summed E-state index contributed by atoms with van der Waals surface area (Å²) < 4.78 is 4.70. The Morgan fingerprint density at radius 2 is 2.36 bits per heavy atom. The van der Waals surface area contributed by atoms with Crippen molar-refractivity contribution in [3.05, 3.63) is 0 Å². The number of amides is 1. The van der Waals surface area contributed by atoms with E-state index in [9.17, 15) is 4.79 Å². The largest absolute Gasteiger partial charge is 0.453 e. The lowest BCUT2D eigenvalue weighted by Gasteiger charge is -2.36. The van der Waals surface area contributed by atoms with E-state index >= 15 is 0 Å². The summed E-state index contributed by atoms with van der Waals surface area (Å²) in [4.78, 5) is 15.4. The number of hydrogen-bond acceptors (Lipinski definition) is 3. The highest BCUT2D eigenvalue weighted by molar-refractivity contribution is 5.67. The third-order valence-electron chi connectivity index (χ3n) is 2.94. The Balaban J connectivity index is 2.46. The van der Waals surface area contributed by atoms with Gasteiger partial charge in [0.05, 0.1) is 7.11 Å². The van der Waals surface area contributed by atoms with Crippen LogP contribution >= 0.6 is 0 Å². The number of likely N-dealkylation sites (tertiary alicyclic amines) is 1. The molecular weight excluding hydrogens is 180 g/mol. The summed E-state index contributed by atoms with van der Waals surface area (Å²) >= 11 is 0. The number of piperidine rings is 1. The minimum absolute atomic E-state index is 0.229. The molecule has 0 bridgehead atoms. The first-order chi connectivity index (χ1) is 6.69. The van der Waals surface area contributed by atoms with Gasteiger partial charge in [0.25, 0.3) is 0 Å². The van der Waals surface area contributed by atoms with E-state index < -0.39 is 0 Å². The van der Waals surface area contributed by atoms with E-state index in [1.54, 1.807) is 4.90 Å². The SMILES string of the molecule is CCN1CCCC(N(C)C(=O)OC)C1. The number of nitrogens with zero attached hydrogens (tertiary/aromatic N) is 2. The summed E-state index contributed by atoms with van der Waals surface area (Å²) in [6.45, 7) is 5.34. The number of hydrogen-bond donors (Lipinski definition) is 0. The summed E-state index contributed by atoms with van der Waals surface area (Å²) in [5.74, 6) is 0. The van der Waals surface area contributed by atoms with Crippen LogP contribution in [0.25, 0.3) is 0 Å². The average molecular weight is 200 g/mol. The van der Waals surface area contributed by atoms with Gasteiger partial charge >= 0.3 is 6.09 Å². The Bertz CT molecular complexity index is 197. The van der Waals surface area contributed by atoms with Crippen molar-refractivity contribution in [2.45, 2.75) is 25.8 Å². The quantitative estimate of drug-likeness (QED) is 0.670. The molecule has 0 radical (unpaired) electrons. The summed E-state index contributed by atoms with van der Waals surface area (Å²) in [7, 11) is 3.24. The molecule has 1 fully saturated rings. The molecule has 1 aliphatic rings. The highest BCUT2D eigenvalue weighted by Crippen LogP contribution is 2.14. The van der Waals surface area contributed by atoms with Crippen molar-refractivity contribution in [2.24, 2.45) is 0 Å². The average Bonchev–Trinajstić information content (AvgIpc) is 2.27. The molecule has 1 amide bonds. The maximum atomic E-state index is 11.3. The fourth-order valence-electron chi connectivity index (χ4n) is 1.93. The molecule has 1 heterocycles. The minimum Gasteiger partial charge on any atom is -0.453 e. The van der Waals surface area contributed by atoms with Crippen LogP contribution in [0.15, 0.2) is 0 Å². The molecular formula is C10H20N2O2. The van der Waals surface area contributed by atoms with Crippen molar-refractivity contribution < 1.29 is 9.53 Å². The van der Waals surface area contributed by atoms with Crippen LogP contribution in [-0.2, 0) is 4.74 Å². The summed E-state index contributed by atoms with van der Waals surface area (Å²) in [6.07, 6.45) is 2.02. The molecule has 0 aromatic carbocycles. The van der Waals surface area contributed by atoms with Crippen LogP contribution in [0.2, 0.25) is 0 Å². The summed E-state index contributed by atoms with van der Waals surface area (Å²) in [6, 6.07) is 0.316. The van der Waals surface area contributed by atoms with Gasteiger partial charge in [0.15, 0.2) is 0 Å². The normalized spacial score (nSPS) is 23.2. The molecule has 0 saturated carbocycles. The van der Waals surface area contributed by atoms with Crippen LogP contribution in [0.1, 0.15) is 19.8 Å². The number of rotatable bonds is 2. The second kappa shape index (κ2) is 5.20. The number of carbonyl (C=O) groups excluding carboxylic acids is 1. The molecule has 14 heavy (non-hydrogen) atoms. The van der Waals surface area contributed by atoms with Crippen LogP contribution in [-0.4, -0.2) is 55.7 Å². The zero-order chi connectivity index (χ0) is 10.6. The van der Waals surface area contributed by atoms with Gasteiger partial charge in [-0.1, -0.05) is 6.92 Å². The fourth-order valence-corrected chi connectivity index (χ4v) is 1.93. The molecule has 4 nitrogen and oxygen atoms in total. The lowest BCUT2D eigenvalue weighted by Crippen LogP contribution is -2.48. The molecule has 1 atom stereocenters. The zero-order valence-corrected chi connectivity index (χ0v) is 9.32. The predicted molar refractivity (Wildman–Crippen MR) is 55.3 cm³/mol. The maximum absolute atomic E-state index is 11.3. The maximum Gasteiger partial charge on any atom is 0.409 e. The number of likely N-dealkylation sites (N-methyl/N-ethyl adjacent to an activating group) is 2. The first kappa shape index (κ1) is 11.3. The molecule has 1 rings (SSSR count). The topological polar surface area (TPSA) is 32.8 Å². The van der Waals surface area contributed by atoms with Gasteiger partial charge in [-0.3, -0.25) is 0 Å². The second-order valence-electron chi connectivity index (χ2n) is 3.77. The minimum atomic E-state index is -0.229.